The van der Waals surface area contributed by atoms with Crippen LogP contribution >= 0.6 is 12.8 Å². The van der Waals surface area contributed by atoms with E-state index in [9.17, 15) is 39.0 Å². The third-order valence-corrected chi connectivity index (χ3v) is 9.80. The van der Waals surface area contributed by atoms with Crippen LogP contribution in [0.4, 0.5) is 0 Å². The Morgan fingerprint density at radius 2 is 0.902 bits per heavy atom. The summed E-state index contributed by atoms with van der Waals surface area (Å²) >= 11 is 3.94. The Morgan fingerprint density at radius 1 is 0.459 bits per heavy atom. The summed E-state index contributed by atoms with van der Waals surface area (Å²) < 4.78 is 24.0. The van der Waals surface area contributed by atoms with Gasteiger partial charge in [0.15, 0.2) is 0 Å². The minimum atomic E-state index is -1.18. The zero-order valence-corrected chi connectivity index (χ0v) is 37.3. The third-order valence-electron chi connectivity index (χ3n) is 9.49. The molecule has 18 nitrogen and oxygen atoms in total. The molecule has 0 aromatic heterocycles. The fourth-order valence-electron chi connectivity index (χ4n) is 5.97. The molecule has 0 saturated heterocycles. The average Bonchev–Trinajstić information content (AvgIpc) is 3.22. The quantitative estimate of drug-likeness (QED) is 0.0237. The lowest BCUT2D eigenvalue weighted by molar-refractivity contribution is -0.142. The largest absolute Gasteiger partial charge is 0.511 e. The number of rotatable bonds is 45. The van der Waals surface area contributed by atoms with Crippen LogP contribution in [0.1, 0.15) is 135 Å². The van der Waals surface area contributed by atoms with E-state index >= 15 is 0 Å². The van der Waals surface area contributed by atoms with Crippen LogP contribution in [0.25, 0.3) is 0 Å². The van der Waals surface area contributed by atoms with Gasteiger partial charge in [0.05, 0.1) is 45.7 Å². The summed E-state index contributed by atoms with van der Waals surface area (Å²) in [5.41, 5.74) is 0. The molecule has 0 heterocycles. The van der Waals surface area contributed by atoms with Crippen molar-refractivity contribution < 1.29 is 63.0 Å². The number of nitrogens with one attached hydrogen (secondary N) is 5. The van der Waals surface area contributed by atoms with E-state index in [0.29, 0.717) is 19.4 Å². The average molecular weight is 892 g/mol. The highest BCUT2D eigenvalue weighted by Crippen LogP contribution is 2.14. The molecule has 0 radical (unpaired) electrons. The number of carboxylic acids is 2. The number of aliphatic hydroxyl groups is 1. The molecular weight excluding hydrogens is 815 g/mol. The maximum atomic E-state index is 12.3. The minimum absolute atomic E-state index is 0.0250. The Labute approximate surface area is 368 Å². The van der Waals surface area contributed by atoms with Crippen LogP contribution < -0.4 is 26.0 Å². The second-order valence-corrected chi connectivity index (χ2v) is 15.1. The van der Waals surface area contributed by atoms with Crippen molar-refractivity contribution >= 4 is 48.4 Å². The van der Waals surface area contributed by atoms with Crippen molar-refractivity contribution in [2.45, 2.75) is 147 Å². The first-order valence-corrected chi connectivity index (χ1v) is 22.5. The standard InChI is InChI=1S/C42H77N5O13S/c1-34(48)35(47-61)18-16-17-23-43-39(51)32-59-30-29-58-27-25-45-40(52)33-60-31-28-57-26-24-44-37(49)22-21-36(42(55)56)46-38(50)19-14-12-10-8-6-4-2-3-5-7-9-11-13-15-20-41(53)54/h35-36,47-48,61H,1-33H2,(H,43,51)(H,44,49)(H,45,52)(H,46,50)(H,53,54)(H,55,56)/t35-,36?/m0/s1. The molecule has 19 heteroatoms. The lowest BCUT2D eigenvalue weighted by atomic mass is 10.0. The number of carbonyl (C=O) groups is 6. The van der Waals surface area contributed by atoms with E-state index < -0.39 is 18.0 Å². The van der Waals surface area contributed by atoms with Crippen LogP contribution in [0.3, 0.4) is 0 Å². The summed E-state index contributed by atoms with van der Waals surface area (Å²) in [6.07, 6.45) is 17.6. The molecule has 0 aromatic rings. The first-order valence-electron chi connectivity index (χ1n) is 22.1. The second-order valence-electron chi connectivity index (χ2n) is 14.9. The van der Waals surface area contributed by atoms with Crippen molar-refractivity contribution in [1.82, 2.24) is 26.0 Å². The molecule has 0 saturated carbocycles. The van der Waals surface area contributed by atoms with Crippen molar-refractivity contribution in [3.05, 3.63) is 12.3 Å². The Balaban J connectivity index is 3.65. The van der Waals surface area contributed by atoms with Crippen molar-refractivity contribution in [3.63, 3.8) is 0 Å². The van der Waals surface area contributed by atoms with Crippen LogP contribution in [0, 0.1) is 0 Å². The van der Waals surface area contributed by atoms with E-state index in [-0.39, 0.29) is 127 Å². The van der Waals surface area contributed by atoms with E-state index in [0.717, 1.165) is 51.4 Å². The number of carbonyl (C=O) groups excluding carboxylic acids is 4. The van der Waals surface area contributed by atoms with Crippen molar-refractivity contribution in [1.29, 1.82) is 0 Å². The first-order chi connectivity index (χ1) is 29.5. The van der Waals surface area contributed by atoms with Crippen LogP contribution in [0.2, 0.25) is 0 Å². The highest BCUT2D eigenvalue weighted by molar-refractivity contribution is 7.78. The SMILES string of the molecule is C=C(O)[C@H](CCCCNC(=O)COCCOCCNC(=O)COCCOCCNC(=O)CCC(NC(=O)CCCCCCCCCCCCCCCCC(=O)O)C(=O)O)NS. The van der Waals surface area contributed by atoms with Gasteiger partial charge in [-0.2, -0.15) is 0 Å². The van der Waals surface area contributed by atoms with Crippen molar-refractivity contribution in [2.24, 2.45) is 0 Å². The van der Waals surface area contributed by atoms with E-state index in [2.05, 4.69) is 45.4 Å². The van der Waals surface area contributed by atoms with Gasteiger partial charge in [0.2, 0.25) is 23.6 Å². The van der Waals surface area contributed by atoms with Crippen LogP contribution in [0.15, 0.2) is 12.3 Å². The zero-order valence-electron chi connectivity index (χ0n) is 36.4. The van der Waals surface area contributed by atoms with E-state index in [1.807, 2.05) is 0 Å². The molecule has 0 spiro atoms. The van der Waals surface area contributed by atoms with Gasteiger partial charge in [0.25, 0.3) is 0 Å². The van der Waals surface area contributed by atoms with Gasteiger partial charge in [-0.3, -0.25) is 28.7 Å². The number of amides is 4. The zero-order chi connectivity index (χ0) is 45.2. The van der Waals surface area contributed by atoms with E-state index in [4.69, 9.17) is 24.1 Å². The molecule has 2 atom stereocenters. The Morgan fingerprint density at radius 3 is 1.36 bits per heavy atom. The lowest BCUT2D eigenvalue weighted by Crippen LogP contribution is -2.41. The molecule has 4 amide bonds. The number of aliphatic carboxylic acids is 2. The first kappa shape index (κ1) is 57.5. The minimum Gasteiger partial charge on any atom is -0.511 e. The van der Waals surface area contributed by atoms with Gasteiger partial charge in [-0.15, -0.1) is 0 Å². The van der Waals surface area contributed by atoms with Gasteiger partial charge in [-0.25, -0.2) is 4.79 Å². The van der Waals surface area contributed by atoms with Crippen molar-refractivity contribution in [3.8, 4) is 0 Å². The molecular formula is C42H77N5O13S. The summed E-state index contributed by atoms with van der Waals surface area (Å²) in [7, 11) is 0. The molecule has 61 heavy (non-hydrogen) atoms. The molecule has 354 valence electrons. The van der Waals surface area contributed by atoms with Gasteiger partial charge in [0, 0.05) is 38.9 Å². The fourth-order valence-corrected chi connectivity index (χ4v) is 6.25. The van der Waals surface area contributed by atoms with Gasteiger partial charge >= 0.3 is 11.9 Å². The molecule has 0 aliphatic rings. The van der Waals surface area contributed by atoms with E-state index in [1.54, 1.807) is 0 Å². The Kier molecular flexibility index (Phi) is 39.4. The number of unbranched alkanes of at least 4 members (excludes halogenated alkanes) is 14. The van der Waals surface area contributed by atoms with Crippen molar-refractivity contribution in [2.75, 3.05) is 72.5 Å². The predicted molar refractivity (Wildman–Crippen MR) is 234 cm³/mol. The normalized spacial score (nSPS) is 12.0. The molecule has 0 fully saturated rings. The van der Waals surface area contributed by atoms with Crippen LogP contribution in [0.5, 0.6) is 0 Å². The number of thiol groups is 1. The molecule has 0 bridgehead atoms. The predicted octanol–water partition coefficient (Wildman–Crippen LogP) is 4.12. The number of carboxylic acid groups (broad SMARTS) is 2. The fraction of sp³-hybridized carbons (Fsp3) is 0.810. The monoisotopic (exact) mass is 892 g/mol. The lowest BCUT2D eigenvalue weighted by Gasteiger charge is -2.14. The van der Waals surface area contributed by atoms with Gasteiger partial charge in [-0.05, 0) is 38.5 Å². The third kappa shape index (κ3) is 40.3. The van der Waals surface area contributed by atoms with E-state index in [1.165, 1.54) is 44.9 Å². The van der Waals surface area contributed by atoms with Crippen LogP contribution in [-0.2, 0) is 47.7 Å². The number of aliphatic hydroxyl groups excluding tert-OH is 1. The molecule has 8 N–H and O–H groups in total. The highest BCUT2D eigenvalue weighted by atomic mass is 32.1. The van der Waals surface area contributed by atoms with Gasteiger partial charge in [-0.1, -0.05) is 96.4 Å². The number of hydrogen-bond acceptors (Lipinski definition) is 13. The summed E-state index contributed by atoms with van der Waals surface area (Å²) in [5.74, 6) is -3.11. The van der Waals surface area contributed by atoms with Crippen LogP contribution in [-0.4, -0.2) is 135 Å². The highest BCUT2D eigenvalue weighted by Gasteiger charge is 2.21. The molecule has 1 unspecified atom stereocenters. The topological polar surface area (TPSA) is 260 Å². The smallest absolute Gasteiger partial charge is 0.326 e. The maximum absolute atomic E-state index is 12.3. The summed E-state index contributed by atoms with van der Waals surface area (Å²) in [4.78, 5) is 70.4. The Hall–Kier alpha value is -3.49. The van der Waals surface area contributed by atoms with Gasteiger partial charge < -0.3 is 55.5 Å². The molecule has 0 rings (SSSR count). The molecule has 0 aliphatic carbocycles. The molecule has 0 aromatic carbocycles. The van der Waals surface area contributed by atoms with Gasteiger partial charge in [0.1, 0.15) is 25.0 Å². The molecule has 0 aliphatic heterocycles. The Bertz CT molecular complexity index is 1200. The second kappa shape index (κ2) is 41.8. The summed E-state index contributed by atoms with van der Waals surface area (Å²) in [6.45, 7) is 5.51. The summed E-state index contributed by atoms with van der Waals surface area (Å²) in [6, 6.07) is -1.43. The number of hydrogen-bond donors (Lipinski definition) is 9. The maximum Gasteiger partial charge on any atom is 0.326 e. The number of ether oxygens (including phenoxy) is 4. The summed E-state index contributed by atoms with van der Waals surface area (Å²) in [5, 5.41) is 38.1.